The maximum Gasteiger partial charge on any atom is 0.293 e. The van der Waals surface area contributed by atoms with Gasteiger partial charge in [-0.2, -0.15) is 0 Å². The van der Waals surface area contributed by atoms with Crippen LogP contribution in [0.25, 0.3) is 0 Å². The Hall–Kier alpha value is -1.27. The van der Waals surface area contributed by atoms with Crippen LogP contribution < -0.4 is 0 Å². The topological polar surface area (TPSA) is 26.3 Å². The molecule has 2 unspecified atom stereocenters. The second kappa shape index (κ2) is 8.21. The number of ether oxygens (including phenoxy) is 1. The molecule has 1 aromatic carbocycles. The van der Waals surface area contributed by atoms with Gasteiger partial charge >= 0.3 is 0 Å². The molecule has 8 heteroatoms. The van der Waals surface area contributed by atoms with E-state index in [-0.39, 0.29) is 12.5 Å². The highest BCUT2D eigenvalue weighted by Crippen LogP contribution is 2.59. The van der Waals surface area contributed by atoms with Crippen LogP contribution in [-0.2, 0) is 16.1 Å². The van der Waals surface area contributed by atoms with E-state index in [1.54, 1.807) is 0 Å². The molecule has 0 aromatic heterocycles. The lowest BCUT2D eigenvalue weighted by molar-refractivity contribution is -0.129. The van der Waals surface area contributed by atoms with Crippen molar-refractivity contribution in [3.63, 3.8) is 0 Å². The molecule has 0 bridgehead atoms. The predicted molar refractivity (Wildman–Crippen MR) is 83.4 cm³/mol. The van der Waals surface area contributed by atoms with E-state index in [0.717, 1.165) is 5.92 Å². The Morgan fingerprint density at radius 1 is 1.21 bits per heavy atom. The molecule has 0 aliphatic heterocycles. The highest BCUT2D eigenvalue weighted by Gasteiger charge is 2.52. The monoisotopic (exact) mass is 386 g/mol. The third-order valence-electron chi connectivity index (χ3n) is 4.27. The van der Waals surface area contributed by atoms with Gasteiger partial charge in [0, 0.05) is 6.07 Å². The van der Waals surface area contributed by atoms with Crippen LogP contribution in [0.5, 0.6) is 0 Å². The fourth-order valence-electron chi connectivity index (χ4n) is 2.30. The smallest absolute Gasteiger partial charge is 0.293 e. The summed E-state index contributed by atoms with van der Waals surface area (Å²) in [5, 5.41) is 0. The number of carbonyl (C=O) groups is 1. The van der Waals surface area contributed by atoms with Gasteiger partial charge in [-0.05, 0) is 17.3 Å². The molecule has 0 radical (unpaired) electrons. The summed E-state index contributed by atoms with van der Waals surface area (Å²) in [6.07, 6.45) is 1.94. The molecule has 1 aromatic rings. The maximum atomic E-state index is 12.8. The molecule has 2 rings (SSSR count). The van der Waals surface area contributed by atoms with Gasteiger partial charge in [0.05, 0.1) is 5.56 Å². The third kappa shape index (κ3) is 4.86. The lowest BCUT2D eigenvalue weighted by Gasteiger charge is -2.04. The average molecular weight is 387 g/mol. The zero-order valence-corrected chi connectivity index (χ0v) is 14.7. The first-order valence-electron chi connectivity index (χ1n) is 6.93. The van der Waals surface area contributed by atoms with Crippen molar-refractivity contribution in [1.82, 2.24) is 0 Å². The van der Waals surface area contributed by atoms with E-state index in [1.165, 1.54) is 0 Å². The summed E-state index contributed by atoms with van der Waals surface area (Å²) in [5.41, 5.74) is -0.538. The first-order chi connectivity index (χ1) is 11.0. The molecule has 1 fully saturated rings. The summed E-state index contributed by atoms with van der Waals surface area (Å²) in [6, 6.07) is 0.0784. The number of hydrogen-bond acceptors (Lipinski definition) is 2. The minimum atomic E-state index is -1.56. The van der Waals surface area contributed by atoms with Gasteiger partial charge in [-0.3, -0.25) is 4.79 Å². The van der Waals surface area contributed by atoms with Crippen LogP contribution in [-0.4, -0.2) is 6.47 Å². The summed E-state index contributed by atoms with van der Waals surface area (Å²) >= 11 is 11.1. The van der Waals surface area contributed by atoms with Crippen LogP contribution in [0, 0.1) is 40.5 Å². The van der Waals surface area contributed by atoms with Crippen molar-refractivity contribution in [1.29, 1.82) is 0 Å². The molecule has 24 heavy (non-hydrogen) atoms. The molecule has 1 aliphatic rings. The molecule has 0 heterocycles. The minimum Gasteiger partial charge on any atom is -0.463 e. The zero-order valence-electron chi connectivity index (χ0n) is 13.2. The summed E-state index contributed by atoms with van der Waals surface area (Å²) in [4.78, 5) is 9.72. The quantitative estimate of drug-likeness (QED) is 0.387. The van der Waals surface area contributed by atoms with Crippen LogP contribution in [0.2, 0.25) is 0 Å². The molecule has 1 saturated carbocycles. The molecule has 0 saturated heterocycles. The Bertz CT molecular complexity index is 617. The van der Waals surface area contributed by atoms with Crippen molar-refractivity contribution in [3.05, 3.63) is 45.5 Å². The third-order valence-corrected chi connectivity index (χ3v) is 4.52. The van der Waals surface area contributed by atoms with E-state index in [0.29, 0.717) is 15.8 Å². The van der Waals surface area contributed by atoms with Crippen LogP contribution in [0.3, 0.4) is 0 Å². The molecule has 2 atom stereocenters. The molecule has 134 valence electrons. The highest BCUT2D eigenvalue weighted by atomic mass is 35.5. The Morgan fingerprint density at radius 2 is 1.67 bits per heavy atom. The second-order valence-electron chi connectivity index (χ2n) is 5.95. The van der Waals surface area contributed by atoms with E-state index in [1.807, 2.05) is 6.08 Å². The predicted octanol–water partition coefficient (Wildman–Crippen LogP) is 5.51. The molecular formula is C16H16Cl2F4O2. The Labute approximate surface area is 147 Å². The van der Waals surface area contributed by atoms with Gasteiger partial charge in [-0.25, -0.2) is 17.6 Å². The summed E-state index contributed by atoms with van der Waals surface area (Å²) in [5.74, 6) is -4.89. The summed E-state index contributed by atoms with van der Waals surface area (Å²) in [6.45, 7) is 5.75. The number of carbonyl (C=O) groups excluding carboxylic acids is 1. The van der Waals surface area contributed by atoms with Gasteiger partial charge < -0.3 is 4.74 Å². The van der Waals surface area contributed by atoms with Crippen LogP contribution in [0.4, 0.5) is 17.6 Å². The van der Waals surface area contributed by atoms with Crippen LogP contribution >= 0.6 is 23.2 Å². The Morgan fingerprint density at radius 3 is 1.96 bits per heavy atom. The van der Waals surface area contributed by atoms with Crippen LogP contribution in [0.1, 0.15) is 26.3 Å². The van der Waals surface area contributed by atoms with Gasteiger partial charge in [0.25, 0.3) is 6.47 Å². The Balaban J connectivity index is 0.000000254. The second-order valence-corrected chi connectivity index (χ2v) is 6.95. The van der Waals surface area contributed by atoms with Gasteiger partial charge in [-0.1, -0.05) is 50.0 Å². The van der Waals surface area contributed by atoms with Crippen molar-refractivity contribution in [2.45, 2.75) is 27.4 Å². The van der Waals surface area contributed by atoms with E-state index < -0.39 is 35.4 Å². The molecular weight excluding hydrogens is 371 g/mol. The molecule has 0 spiro atoms. The van der Waals surface area contributed by atoms with Gasteiger partial charge in [0.1, 0.15) is 11.1 Å². The molecule has 0 N–H and O–H groups in total. The number of allylic oxidation sites excluding steroid dienone is 1. The van der Waals surface area contributed by atoms with Gasteiger partial charge in [0.2, 0.25) is 0 Å². The average Bonchev–Trinajstić information content (AvgIpc) is 2.95. The Kier molecular flexibility index (Phi) is 7.10. The SMILES string of the molecule is CC1C(C=C(Cl)Cl)C1(C)C.O=COCc1c(F)c(F)cc(F)c1F. The minimum absolute atomic E-state index is 0.0784. The van der Waals surface area contributed by atoms with E-state index >= 15 is 0 Å². The number of benzene rings is 1. The summed E-state index contributed by atoms with van der Waals surface area (Å²) < 4.78 is 55.0. The number of hydrogen-bond donors (Lipinski definition) is 0. The highest BCUT2D eigenvalue weighted by molar-refractivity contribution is 6.55. The van der Waals surface area contributed by atoms with E-state index in [2.05, 4.69) is 25.5 Å². The lowest BCUT2D eigenvalue weighted by Crippen LogP contribution is -2.04. The molecule has 1 aliphatic carbocycles. The van der Waals surface area contributed by atoms with Crippen molar-refractivity contribution in [2.24, 2.45) is 17.3 Å². The molecule has 2 nitrogen and oxygen atoms in total. The number of rotatable bonds is 4. The van der Waals surface area contributed by atoms with Crippen molar-refractivity contribution in [3.8, 4) is 0 Å². The first-order valence-corrected chi connectivity index (χ1v) is 7.69. The van der Waals surface area contributed by atoms with Gasteiger partial charge in [-0.15, -0.1) is 0 Å². The normalized spacial score (nSPS) is 20.5. The van der Waals surface area contributed by atoms with Crippen LogP contribution in [0.15, 0.2) is 16.6 Å². The van der Waals surface area contributed by atoms with E-state index in [4.69, 9.17) is 23.2 Å². The maximum absolute atomic E-state index is 12.8. The summed E-state index contributed by atoms with van der Waals surface area (Å²) in [7, 11) is 0. The first kappa shape index (κ1) is 20.8. The lowest BCUT2D eigenvalue weighted by atomic mass is 10.1. The molecule has 0 amide bonds. The van der Waals surface area contributed by atoms with Crippen molar-refractivity contribution in [2.75, 3.05) is 0 Å². The fourth-order valence-corrected chi connectivity index (χ4v) is 2.57. The number of halogens is 6. The fraction of sp³-hybridized carbons (Fsp3) is 0.438. The zero-order chi connectivity index (χ0) is 18.7. The van der Waals surface area contributed by atoms with Gasteiger partial charge in [0.15, 0.2) is 23.3 Å². The van der Waals surface area contributed by atoms with Crippen molar-refractivity contribution >= 4 is 29.7 Å². The van der Waals surface area contributed by atoms with Crippen molar-refractivity contribution < 1.29 is 27.1 Å². The largest absolute Gasteiger partial charge is 0.463 e. The standard InChI is InChI=1S/C8H12Cl2.C8H4F4O2/c1-5-6(4-7(9)10)8(5,2)3;9-5-1-6(10)8(12)4(7(5)11)2-14-3-13/h4-6H,1-3H3;1,3H,2H2. The van der Waals surface area contributed by atoms with E-state index in [9.17, 15) is 22.4 Å².